The van der Waals surface area contributed by atoms with Crippen LogP contribution in [0.1, 0.15) is 43.5 Å². The minimum absolute atomic E-state index is 0.140. The van der Waals surface area contributed by atoms with E-state index in [1.807, 2.05) is 61.5 Å². The number of hydrogen-bond donors (Lipinski definition) is 1. The number of hydrogen-bond acceptors (Lipinski definition) is 3. The van der Waals surface area contributed by atoms with E-state index in [0.717, 1.165) is 28.3 Å². The Morgan fingerprint density at radius 1 is 0.900 bits per heavy atom. The summed E-state index contributed by atoms with van der Waals surface area (Å²) in [6.45, 7) is 6.03. The maximum absolute atomic E-state index is 12.2. The van der Waals surface area contributed by atoms with E-state index in [2.05, 4.69) is 31.3 Å². The Morgan fingerprint density at radius 2 is 1.60 bits per heavy atom. The van der Waals surface area contributed by atoms with E-state index in [-0.39, 0.29) is 25.0 Å². The zero-order valence-electron chi connectivity index (χ0n) is 17.9. The molecular weight excluding hydrogens is 374 g/mol. The molecule has 0 heterocycles. The van der Waals surface area contributed by atoms with Gasteiger partial charge in [-0.1, -0.05) is 80.6 Å². The zero-order chi connectivity index (χ0) is 21.5. The number of ether oxygens (including phenoxy) is 1. The summed E-state index contributed by atoms with van der Waals surface area (Å²) in [6.07, 6.45) is 1.18. The molecule has 0 spiro atoms. The predicted molar refractivity (Wildman–Crippen MR) is 120 cm³/mol. The van der Waals surface area contributed by atoms with Gasteiger partial charge in [-0.3, -0.25) is 9.59 Å². The number of fused-ring (bicyclic) bond motifs is 1. The Balaban J connectivity index is 1.49. The fourth-order valence-corrected chi connectivity index (χ4v) is 3.58. The van der Waals surface area contributed by atoms with Crippen molar-refractivity contribution in [2.75, 3.05) is 6.61 Å². The Labute approximate surface area is 178 Å². The molecule has 1 N–H and O–H groups in total. The van der Waals surface area contributed by atoms with Crippen LogP contribution in [0.15, 0.2) is 66.7 Å². The van der Waals surface area contributed by atoms with Gasteiger partial charge in [0.2, 0.25) is 0 Å². The molecule has 4 heteroatoms. The van der Waals surface area contributed by atoms with Crippen molar-refractivity contribution in [1.82, 2.24) is 5.32 Å². The normalized spacial score (nSPS) is 12.0. The van der Waals surface area contributed by atoms with E-state index in [4.69, 9.17) is 4.74 Å². The molecular formula is C26H29NO3. The van der Waals surface area contributed by atoms with Gasteiger partial charge >= 0.3 is 5.97 Å². The Bertz CT molecular complexity index is 1000. The fourth-order valence-electron chi connectivity index (χ4n) is 3.58. The minimum Gasteiger partial charge on any atom is -0.455 e. The summed E-state index contributed by atoms with van der Waals surface area (Å²) in [5.41, 5.74) is 3.21. The highest BCUT2D eigenvalue weighted by molar-refractivity contribution is 5.89. The van der Waals surface area contributed by atoms with Crippen molar-refractivity contribution in [3.8, 4) is 0 Å². The van der Waals surface area contributed by atoms with E-state index in [0.29, 0.717) is 5.92 Å². The Morgan fingerprint density at radius 3 is 2.33 bits per heavy atom. The maximum Gasteiger partial charge on any atom is 0.310 e. The third-order valence-electron chi connectivity index (χ3n) is 5.08. The van der Waals surface area contributed by atoms with Crippen LogP contribution < -0.4 is 5.32 Å². The number of rotatable bonds is 8. The first-order valence-electron chi connectivity index (χ1n) is 10.4. The van der Waals surface area contributed by atoms with Gasteiger partial charge in [-0.15, -0.1) is 0 Å². The van der Waals surface area contributed by atoms with Crippen molar-refractivity contribution in [3.63, 3.8) is 0 Å². The number of carbonyl (C=O) groups is 2. The first kappa shape index (κ1) is 21.6. The van der Waals surface area contributed by atoms with Crippen molar-refractivity contribution in [2.45, 2.75) is 39.7 Å². The molecule has 0 aliphatic heterocycles. The molecule has 0 saturated heterocycles. The molecule has 3 aromatic carbocycles. The van der Waals surface area contributed by atoms with E-state index >= 15 is 0 Å². The molecule has 0 saturated carbocycles. The van der Waals surface area contributed by atoms with Crippen molar-refractivity contribution in [3.05, 3.63) is 83.4 Å². The molecule has 0 fully saturated rings. The van der Waals surface area contributed by atoms with Crippen LogP contribution in [0.3, 0.4) is 0 Å². The van der Waals surface area contributed by atoms with Gasteiger partial charge in [-0.2, -0.15) is 0 Å². The number of esters is 1. The van der Waals surface area contributed by atoms with Crippen LogP contribution in [-0.2, 0) is 27.2 Å². The fraction of sp³-hybridized carbons (Fsp3) is 0.308. The highest BCUT2D eigenvalue weighted by Crippen LogP contribution is 2.19. The lowest BCUT2D eigenvalue weighted by Crippen LogP contribution is -2.31. The van der Waals surface area contributed by atoms with Gasteiger partial charge < -0.3 is 10.1 Å². The van der Waals surface area contributed by atoms with Crippen LogP contribution in [0.5, 0.6) is 0 Å². The molecule has 3 rings (SSSR count). The van der Waals surface area contributed by atoms with Crippen molar-refractivity contribution >= 4 is 22.6 Å². The lowest BCUT2D eigenvalue weighted by atomic mass is 10.00. The lowest BCUT2D eigenvalue weighted by Gasteiger charge is -2.15. The third kappa shape index (κ3) is 5.93. The van der Waals surface area contributed by atoms with E-state index in [1.54, 1.807) is 0 Å². The smallest absolute Gasteiger partial charge is 0.310 e. The first-order chi connectivity index (χ1) is 14.4. The highest BCUT2D eigenvalue weighted by Gasteiger charge is 2.13. The largest absolute Gasteiger partial charge is 0.455 e. The summed E-state index contributed by atoms with van der Waals surface area (Å²) in [6, 6.07) is 21.9. The Kier molecular flexibility index (Phi) is 7.23. The molecule has 0 aliphatic carbocycles. The SMILES string of the molecule is CC(C)Cc1ccc([C@@H](C)NC(=O)COC(=O)Cc2cccc3ccccc23)cc1. The van der Waals surface area contributed by atoms with Crippen molar-refractivity contribution < 1.29 is 14.3 Å². The van der Waals surface area contributed by atoms with Crippen LogP contribution in [0.4, 0.5) is 0 Å². The molecule has 1 amide bonds. The summed E-state index contributed by atoms with van der Waals surface area (Å²) in [5.74, 6) is -0.108. The van der Waals surface area contributed by atoms with Crippen molar-refractivity contribution in [1.29, 1.82) is 0 Å². The van der Waals surface area contributed by atoms with Crippen LogP contribution in [0, 0.1) is 5.92 Å². The van der Waals surface area contributed by atoms with Gasteiger partial charge in [0.15, 0.2) is 6.61 Å². The molecule has 4 nitrogen and oxygen atoms in total. The zero-order valence-corrected chi connectivity index (χ0v) is 17.9. The van der Waals surface area contributed by atoms with Crippen molar-refractivity contribution in [2.24, 2.45) is 5.92 Å². The van der Waals surface area contributed by atoms with E-state index in [1.165, 1.54) is 5.56 Å². The highest BCUT2D eigenvalue weighted by atomic mass is 16.5. The summed E-state index contributed by atoms with van der Waals surface area (Å²) >= 11 is 0. The van der Waals surface area contributed by atoms with Crippen LogP contribution in [0.25, 0.3) is 10.8 Å². The van der Waals surface area contributed by atoms with Crippen LogP contribution in [0.2, 0.25) is 0 Å². The lowest BCUT2D eigenvalue weighted by molar-refractivity contribution is -0.148. The summed E-state index contributed by atoms with van der Waals surface area (Å²) in [5, 5.41) is 4.99. The molecule has 0 bridgehead atoms. The second kappa shape index (κ2) is 10.1. The summed E-state index contributed by atoms with van der Waals surface area (Å²) in [7, 11) is 0. The molecule has 0 unspecified atom stereocenters. The number of benzene rings is 3. The minimum atomic E-state index is -0.410. The number of amides is 1. The molecule has 3 aromatic rings. The second-order valence-corrected chi connectivity index (χ2v) is 8.10. The van der Waals surface area contributed by atoms with Gasteiger partial charge in [0.1, 0.15) is 0 Å². The Hall–Kier alpha value is -3.14. The standard InChI is InChI=1S/C26H29NO3/c1-18(2)15-20-11-13-21(14-12-20)19(3)27-25(28)17-30-26(29)16-23-9-6-8-22-7-4-5-10-24(22)23/h4-14,18-19H,15-17H2,1-3H3,(H,27,28)/t19-/m1/s1. The summed E-state index contributed by atoms with van der Waals surface area (Å²) < 4.78 is 5.21. The average Bonchev–Trinajstić information content (AvgIpc) is 2.72. The first-order valence-corrected chi connectivity index (χ1v) is 10.4. The van der Waals surface area contributed by atoms with Gasteiger partial charge in [0.05, 0.1) is 12.5 Å². The monoisotopic (exact) mass is 403 g/mol. The van der Waals surface area contributed by atoms with Gasteiger partial charge in [-0.05, 0) is 46.7 Å². The topological polar surface area (TPSA) is 55.4 Å². The number of carbonyl (C=O) groups excluding carboxylic acids is 2. The van der Waals surface area contributed by atoms with Gasteiger partial charge in [0.25, 0.3) is 5.91 Å². The molecule has 0 radical (unpaired) electrons. The van der Waals surface area contributed by atoms with E-state index in [9.17, 15) is 9.59 Å². The molecule has 30 heavy (non-hydrogen) atoms. The second-order valence-electron chi connectivity index (χ2n) is 8.10. The molecule has 1 atom stereocenters. The molecule has 156 valence electrons. The van der Waals surface area contributed by atoms with E-state index < -0.39 is 5.97 Å². The predicted octanol–water partition coefficient (Wildman–Crippen LogP) is 5.00. The summed E-state index contributed by atoms with van der Waals surface area (Å²) in [4.78, 5) is 24.5. The van der Waals surface area contributed by atoms with Crippen LogP contribution >= 0.6 is 0 Å². The van der Waals surface area contributed by atoms with Gasteiger partial charge in [-0.25, -0.2) is 0 Å². The maximum atomic E-state index is 12.2. The van der Waals surface area contributed by atoms with Gasteiger partial charge in [0, 0.05) is 0 Å². The molecule has 0 aliphatic rings. The quantitative estimate of drug-likeness (QED) is 0.539. The number of nitrogens with one attached hydrogen (secondary N) is 1. The molecule has 0 aromatic heterocycles. The third-order valence-corrected chi connectivity index (χ3v) is 5.08. The average molecular weight is 404 g/mol. The van der Waals surface area contributed by atoms with Crippen LogP contribution in [-0.4, -0.2) is 18.5 Å².